The van der Waals surface area contributed by atoms with Crippen molar-refractivity contribution in [1.82, 2.24) is 0 Å². The Balaban J connectivity index is 3.30. The van der Waals surface area contributed by atoms with Crippen LogP contribution in [0.25, 0.3) is 0 Å². The van der Waals surface area contributed by atoms with Crippen LogP contribution < -0.4 is 5.73 Å². The molecular formula is C7H14ClN. The molecule has 0 aliphatic heterocycles. The van der Waals surface area contributed by atoms with Gasteiger partial charge in [-0.25, -0.2) is 0 Å². The molecule has 0 spiro atoms. The summed E-state index contributed by atoms with van der Waals surface area (Å²) in [7, 11) is 0. The van der Waals surface area contributed by atoms with Gasteiger partial charge in [0.15, 0.2) is 0 Å². The monoisotopic (exact) mass is 147 g/mol. The molecule has 0 aromatic heterocycles. The Morgan fingerprint density at radius 2 is 2.33 bits per heavy atom. The fourth-order valence-corrected chi connectivity index (χ4v) is 0.879. The molecule has 0 unspecified atom stereocenters. The first-order valence-electron chi connectivity index (χ1n) is 3.35. The largest absolute Gasteiger partial charge is 0.330 e. The van der Waals surface area contributed by atoms with Gasteiger partial charge in [-0.3, -0.25) is 0 Å². The Labute approximate surface area is 61.9 Å². The van der Waals surface area contributed by atoms with Crippen molar-refractivity contribution >= 4 is 11.6 Å². The van der Waals surface area contributed by atoms with Gasteiger partial charge in [-0.2, -0.15) is 0 Å². The number of allylic oxidation sites excluding steroid dienone is 1. The summed E-state index contributed by atoms with van der Waals surface area (Å²) in [6.45, 7) is 2.80. The molecule has 0 aromatic rings. The highest BCUT2D eigenvalue weighted by molar-refractivity contribution is 6.29. The van der Waals surface area contributed by atoms with E-state index in [1.165, 1.54) is 0 Å². The predicted molar refractivity (Wildman–Crippen MR) is 42.5 cm³/mol. The second-order valence-electron chi connectivity index (χ2n) is 1.98. The third kappa shape index (κ3) is 5.87. The van der Waals surface area contributed by atoms with Crippen LogP contribution in [0.2, 0.25) is 0 Å². The number of rotatable bonds is 4. The lowest BCUT2D eigenvalue weighted by atomic mass is 10.3. The van der Waals surface area contributed by atoms with Gasteiger partial charge in [0.1, 0.15) is 0 Å². The highest BCUT2D eigenvalue weighted by atomic mass is 35.5. The summed E-state index contributed by atoms with van der Waals surface area (Å²) in [5, 5.41) is 0.947. The van der Waals surface area contributed by atoms with E-state index in [1.54, 1.807) is 0 Å². The Bertz CT molecular complexity index is 88.9. The number of nitrogens with two attached hydrogens (primary N) is 1. The van der Waals surface area contributed by atoms with Crippen LogP contribution in [0.5, 0.6) is 0 Å². The van der Waals surface area contributed by atoms with E-state index in [9.17, 15) is 0 Å². The molecule has 0 aromatic carbocycles. The molecule has 0 fully saturated rings. The van der Waals surface area contributed by atoms with Crippen molar-refractivity contribution in [2.75, 3.05) is 6.54 Å². The standard InChI is InChI=1S/C7H14ClN/c1-2-4-7(8)5-3-6-9/h5H,2-4,6,9H2,1H3/b7-5-. The normalized spacial score (nSPS) is 12.1. The average Bonchev–Trinajstić information content (AvgIpc) is 1.85. The summed E-state index contributed by atoms with van der Waals surface area (Å²) in [6, 6.07) is 0. The van der Waals surface area contributed by atoms with Crippen LogP contribution >= 0.6 is 11.6 Å². The first-order chi connectivity index (χ1) is 4.31. The molecule has 9 heavy (non-hydrogen) atoms. The molecule has 2 N–H and O–H groups in total. The maximum Gasteiger partial charge on any atom is 0.0141 e. The first-order valence-corrected chi connectivity index (χ1v) is 3.73. The molecule has 0 radical (unpaired) electrons. The zero-order valence-corrected chi connectivity index (χ0v) is 6.62. The van der Waals surface area contributed by atoms with E-state index in [4.69, 9.17) is 17.3 Å². The lowest BCUT2D eigenvalue weighted by Gasteiger charge is -1.92. The molecule has 0 bridgehead atoms. The molecule has 2 heteroatoms. The molecule has 0 heterocycles. The molecule has 0 aliphatic rings. The summed E-state index contributed by atoms with van der Waals surface area (Å²) in [6.07, 6.45) is 4.99. The van der Waals surface area contributed by atoms with E-state index >= 15 is 0 Å². The van der Waals surface area contributed by atoms with Crippen molar-refractivity contribution in [1.29, 1.82) is 0 Å². The van der Waals surface area contributed by atoms with Crippen molar-refractivity contribution < 1.29 is 0 Å². The quantitative estimate of drug-likeness (QED) is 0.649. The average molecular weight is 148 g/mol. The van der Waals surface area contributed by atoms with Crippen LogP contribution in [0, 0.1) is 0 Å². The van der Waals surface area contributed by atoms with E-state index in [0.717, 1.165) is 24.3 Å². The predicted octanol–water partition coefficient (Wildman–Crippen LogP) is 2.26. The molecule has 1 nitrogen and oxygen atoms in total. The van der Waals surface area contributed by atoms with E-state index in [-0.39, 0.29) is 0 Å². The van der Waals surface area contributed by atoms with Gasteiger partial charge in [0, 0.05) is 5.03 Å². The third-order valence-corrected chi connectivity index (χ3v) is 1.36. The minimum absolute atomic E-state index is 0.694. The molecule has 0 amide bonds. The maximum absolute atomic E-state index is 5.77. The van der Waals surface area contributed by atoms with E-state index < -0.39 is 0 Å². The fourth-order valence-electron chi connectivity index (χ4n) is 0.581. The lowest BCUT2D eigenvalue weighted by Crippen LogP contribution is -1.95. The zero-order chi connectivity index (χ0) is 7.11. The molecule has 0 saturated heterocycles. The zero-order valence-electron chi connectivity index (χ0n) is 5.86. The highest BCUT2D eigenvalue weighted by Crippen LogP contribution is 2.09. The second kappa shape index (κ2) is 6.12. The fraction of sp³-hybridized carbons (Fsp3) is 0.714. The summed E-state index contributed by atoms with van der Waals surface area (Å²) >= 11 is 5.77. The topological polar surface area (TPSA) is 26.0 Å². The van der Waals surface area contributed by atoms with Crippen LogP contribution in [0.4, 0.5) is 0 Å². The summed E-state index contributed by atoms with van der Waals surface area (Å²) in [5.41, 5.74) is 5.27. The third-order valence-electron chi connectivity index (χ3n) is 1.02. The lowest BCUT2D eigenvalue weighted by molar-refractivity contribution is 0.925. The molecule has 54 valence electrons. The van der Waals surface area contributed by atoms with Crippen LogP contribution in [-0.2, 0) is 0 Å². The van der Waals surface area contributed by atoms with E-state index in [0.29, 0.717) is 6.54 Å². The van der Waals surface area contributed by atoms with Crippen LogP contribution in [0.3, 0.4) is 0 Å². The van der Waals surface area contributed by atoms with Crippen molar-refractivity contribution in [2.45, 2.75) is 26.2 Å². The smallest absolute Gasteiger partial charge is 0.0141 e. The maximum atomic E-state index is 5.77. The van der Waals surface area contributed by atoms with Gasteiger partial charge in [-0.05, 0) is 19.4 Å². The van der Waals surface area contributed by atoms with Crippen molar-refractivity contribution in [3.05, 3.63) is 11.1 Å². The van der Waals surface area contributed by atoms with Gasteiger partial charge >= 0.3 is 0 Å². The SMILES string of the molecule is CCC/C(Cl)=C/CCN. The van der Waals surface area contributed by atoms with Crippen molar-refractivity contribution in [3.63, 3.8) is 0 Å². The van der Waals surface area contributed by atoms with E-state index in [1.807, 2.05) is 6.08 Å². The molecule has 0 atom stereocenters. The summed E-state index contributed by atoms with van der Waals surface area (Å²) in [5.74, 6) is 0. The van der Waals surface area contributed by atoms with Gasteiger partial charge in [-0.15, -0.1) is 0 Å². The molecule has 0 rings (SSSR count). The van der Waals surface area contributed by atoms with Gasteiger partial charge in [0.05, 0.1) is 0 Å². The van der Waals surface area contributed by atoms with Crippen molar-refractivity contribution in [2.24, 2.45) is 5.73 Å². The van der Waals surface area contributed by atoms with E-state index in [2.05, 4.69) is 6.92 Å². The Morgan fingerprint density at radius 3 is 2.78 bits per heavy atom. The summed E-state index contributed by atoms with van der Waals surface area (Å²) < 4.78 is 0. The Hall–Kier alpha value is -0.0100. The Morgan fingerprint density at radius 1 is 1.67 bits per heavy atom. The van der Waals surface area contributed by atoms with Gasteiger partial charge in [0.25, 0.3) is 0 Å². The van der Waals surface area contributed by atoms with Crippen LogP contribution in [-0.4, -0.2) is 6.54 Å². The van der Waals surface area contributed by atoms with Gasteiger partial charge in [-0.1, -0.05) is 31.0 Å². The molecule has 0 saturated carbocycles. The van der Waals surface area contributed by atoms with Crippen molar-refractivity contribution in [3.8, 4) is 0 Å². The van der Waals surface area contributed by atoms with Gasteiger partial charge in [0.2, 0.25) is 0 Å². The second-order valence-corrected chi connectivity index (χ2v) is 2.46. The minimum Gasteiger partial charge on any atom is -0.330 e. The molecular weight excluding hydrogens is 134 g/mol. The molecule has 0 aliphatic carbocycles. The van der Waals surface area contributed by atoms with Crippen LogP contribution in [0.1, 0.15) is 26.2 Å². The summed E-state index contributed by atoms with van der Waals surface area (Å²) in [4.78, 5) is 0. The van der Waals surface area contributed by atoms with Gasteiger partial charge < -0.3 is 5.73 Å². The number of hydrogen-bond acceptors (Lipinski definition) is 1. The highest BCUT2D eigenvalue weighted by Gasteiger charge is 1.86. The minimum atomic E-state index is 0.694. The first kappa shape index (κ1) is 8.99. The number of halogens is 1. The van der Waals surface area contributed by atoms with Crippen LogP contribution in [0.15, 0.2) is 11.1 Å². The number of hydrogen-bond donors (Lipinski definition) is 1. The Kier molecular flexibility index (Phi) is 6.11.